The fourth-order valence-corrected chi connectivity index (χ4v) is 3.90. The van der Waals surface area contributed by atoms with E-state index in [1.54, 1.807) is 13.1 Å². The van der Waals surface area contributed by atoms with Crippen LogP contribution in [0.5, 0.6) is 0 Å². The molecule has 1 aromatic rings. The molecule has 0 aromatic carbocycles. The van der Waals surface area contributed by atoms with Crippen molar-refractivity contribution in [2.24, 2.45) is 0 Å². The van der Waals surface area contributed by atoms with E-state index < -0.39 is 0 Å². The van der Waals surface area contributed by atoms with Crippen LogP contribution in [0.4, 0.5) is 0 Å². The molecule has 1 atom stereocenters. The monoisotopic (exact) mass is 345 g/mol. The standard InChI is InChI=1S/C18H27N5O2/c1-13(24)20-12-15-5-8-19-18(21-15)17-4-3-9-23(17)16-6-10-22(11-7-16)14(2)25/h5,8,16-17H,3-4,6-7,9-12H2,1-2H3,(H,20,24). The van der Waals surface area contributed by atoms with Gasteiger partial charge in [-0.25, -0.2) is 9.97 Å². The van der Waals surface area contributed by atoms with E-state index in [4.69, 9.17) is 0 Å². The minimum absolute atomic E-state index is 0.0557. The van der Waals surface area contributed by atoms with E-state index in [0.717, 1.165) is 56.8 Å². The summed E-state index contributed by atoms with van der Waals surface area (Å²) in [6, 6.07) is 2.58. The summed E-state index contributed by atoms with van der Waals surface area (Å²) >= 11 is 0. The maximum atomic E-state index is 11.5. The molecule has 136 valence electrons. The molecule has 1 aromatic heterocycles. The Morgan fingerprint density at radius 3 is 2.64 bits per heavy atom. The molecular formula is C18H27N5O2. The number of amides is 2. The van der Waals surface area contributed by atoms with Gasteiger partial charge in [0, 0.05) is 39.2 Å². The van der Waals surface area contributed by atoms with Crippen LogP contribution in [0.25, 0.3) is 0 Å². The average molecular weight is 345 g/mol. The van der Waals surface area contributed by atoms with Crippen molar-refractivity contribution in [2.45, 2.75) is 58.2 Å². The molecule has 0 saturated carbocycles. The van der Waals surface area contributed by atoms with E-state index in [9.17, 15) is 9.59 Å². The summed E-state index contributed by atoms with van der Waals surface area (Å²) in [5, 5.41) is 2.79. The van der Waals surface area contributed by atoms with E-state index >= 15 is 0 Å². The Morgan fingerprint density at radius 1 is 1.20 bits per heavy atom. The lowest BCUT2D eigenvalue weighted by Gasteiger charge is -2.38. The van der Waals surface area contributed by atoms with Crippen LogP contribution in [0.1, 0.15) is 57.1 Å². The third kappa shape index (κ3) is 4.34. The zero-order chi connectivity index (χ0) is 17.8. The van der Waals surface area contributed by atoms with Crippen LogP contribution >= 0.6 is 0 Å². The van der Waals surface area contributed by atoms with Gasteiger partial charge in [0.05, 0.1) is 18.3 Å². The molecule has 2 aliphatic heterocycles. The van der Waals surface area contributed by atoms with Gasteiger partial charge in [0.1, 0.15) is 5.82 Å². The smallest absolute Gasteiger partial charge is 0.219 e. The van der Waals surface area contributed by atoms with Crippen LogP contribution in [-0.2, 0) is 16.1 Å². The van der Waals surface area contributed by atoms with Crippen molar-refractivity contribution in [3.8, 4) is 0 Å². The fourth-order valence-electron chi connectivity index (χ4n) is 3.90. The number of rotatable bonds is 4. The highest BCUT2D eigenvalue weighted by Crippen LogP contribution is 2.34. The third-order valence-electron chi connectivity index (χ3n) is 5.22. The predicted molar refractivity (Wildman–Crippen MR) is 93.5 cm³/mol. The van der Waals surface area contributed by atoms with Gasteiger partial charge in [-0.2, -0.15) is 0 Å². The first-order chi connectivity index (χ1) is 12.0. The molecule has 25 heavy (non-hydrogen) atoms. The number of piperidine rings is 1. The van der Waals surface area contributed by atoms with Crippen LogP contribution in [0, 0.1) is 0 Å². The molecule has 2 amide bonds. The van der Waals surface area contributed by atoms with Crippen molar-refractivity contribution in [1.82, 2.24) is 25.1 Å². The highest BCUT2D eigenvalue weighted by atomic mass is 16.2. The number of aromatic nitrogens is 2. The summed E-state index contributed by atoms with van der Waals surface area (Å²) in [7, 11) is 0. The number of likely N-dealkylation sites (tertiary alicyclic amines) is 2. The molecule has 1 unspecified atom stereocenters. The maximum Gasteiger partial charge on any atom is 0.219 e. The second-order valence-corrected chi connectivity index (χ2v) is 6.95. The maximum absolute atomic E-state index is 11.5. The summed E-state index contributed by atoms with van der Waals surface area (Å²) < 4.78 is 0. The van der Waals surface area contributed by atoms with Gasteiger partial charge in [-0.15, -0.1) is 0 Å². The number of carbonyl (C=O) groups excluding carboxylic acids is 2. The van der Waals surface area contributed by atoms with E-state index in [1.807, 2.05) is 11.0 Å². The molecule has 0 bridgehead atoms. The van der Waals surface area contributed by atoms with Gasteiger partial charge in [-0.1, -0.05) is 0 Å². The van der Waals surface area contributed by atoms with Crippen LogP contribution in [0.15, 0.2) is 12.3 Å². The molecule has 7 nitrogen and oxygen atoms in total. The summed E-state index contributed by atoms with van der Waals surface area (Å²) in [4.78, 5) is 36.3. The van der Waals surface area contributed by atoms with Gasteiger partial charge in [-0.05, 0) is 38.3 Å². The van der Waals surface area contributed by atoms with Crippen LogP contribution < -0.4 is 5.32 Å². The Bertz CT molecular complexity index is 628. The van der Waals surface area contributed by atoms with Crippen molar-refractivity contribution < 1.29 is 9.59 Å². The lowest BCUT2D eigenvalue weighted by Crippen LogP contribution is -2.46. The number of hydrogen-bond donors (Lipinski definition) is 1. The van der Waals surface area contributed by atoms with Gasteiger partial charge in [0.15, 0.2) is 0 Å². The quantitative estimate of drug-likeness (QED) is 0.889. The first kappa shape index (κ1) is 17.8. The second-order valence-electron chi connectivity index (χ2n) is 6.95. The molecule has 2 aliphatic rings. The Kier molecular flexibility index (Phi) is 5.63. The van der Waals surface area contributed by atoms with E-state index in [1.165, 1.54) is 6.92 Å². The summed E-state index contributed by atoms with van der Waals surface area (Å²) in [5.74, 6) is 0.972. The van der Waals surface area contributed by atoms with E-state index in [0.29, 0.717) is 12.6 Å². The van der Waals surface area contributed by atoms with Crippen LogP contribution in [-0.4, -0.2) is 57.3 Å². The van der Waals surface area contributed by atoms with Crippen molar-refractivity contribution in [1.29, 1.82) is 0 Å². The molecule has 2 saturated heterocycles. The highest BCUT2D eigenvalue weighted by molar-refractivity contribution is 5.73. The van der Waals surface area contributed by atoms with Gasteiger partial charge in [0.2, 0.25) is 11.8 Å². The molecule has 0 aliphatic carbocycles. The summed E-state index contributed by atoms with van der Waals surface area (Å²) in [6.45, 7) is 6.34. The first-order valence-corrected chi connectivity index (χ1v) is 9.12. The highest BCUT2D eigenvalue weighted by Gasteiger charge is 2.35. The fraction of sp³-hybridized carbons (Fsp3) is 0.667. The zero-order valence-corrected chi connectivity index (χ0v) is 15.1. The molecule has 2 fully saturated rings. The number of nitrogens with zero attached hydrogens (tertiary/aromatic N) is 4. The van der Waals surface area contributed by atoms with E-state index in [-0.39, 0.29) is 17.9 Å². The Hall–Kier alpha value is -2.02. The molecule has 3 heterocycles. The Balaban J connectivity index is 1.66. The van der Waals surface area contributed by atoms with Crippen molar-refractivity contribution >= 4 is 11.8 Å². The number of hydrogen-bond acceptors (Lipinski definition) is 5. The van der Waals surface area contributed by atoms with Gasteiger partial charge < -0.3 is 10.2 Å². The predicted octanol–water partition coefficient (Wildman–Crippen LogP) is 1.26. The largest absolute Gasteiger partial charge is 0.351 e. The van der Waals surface area contributed by atoms with Crippen molar-refractivity contribution in [3.63, 3.8) is 0 Å². The SMILES string of the molecule is CC(=O)NCc1ccnc(C2CCCN2C2CCN(C(C)=O)CC2)n1. The first-order valence-electron chi connectivity index (χ1n) is 9.12. The minimum atomic E-state index is -0.0557. The lowest BCUT2D eigenvalue weighted by molar-refractivity contribution is -0.130. The lowest BCUT2D eigenvalue weighted by atomic mass is 10.0. The number of carbonyl (C=O) groups is 2. The molecule has 7 heteroatoms. The third-order valence-corrected chi connectivity index (χ3v) is 5.22. The minimum Gasteiger partial charge on any atom is -0.351 e. The van der Waals surface area contributed by atoms with E-state index in [2.05, 4.69) is 20.2 Å². The van der Waals surface area contributed by atoms with Gasteiger partial charge in [0.25, 0.3) is 0 Å². The average Bonchev–Trinajstić information content (AvgIpc) is 3.10. The summed E-state index contributed by atoms with van der Waals surface area (Å²) in [6.07, 6.45) is 6.03. The Morgan fingerprint density at radius 2 is 1.96 bits per heavy atom. The molecule has 1 N–H and O–H groups in total. The Labute approximate surface area is 148 Å². The molecule has 3 rings (SSSR count). The molecule has 0 spiro atoms. The zero-order valence-electron chi connectivity index (χ0n) is 15.1. The molecule has 0 radical (unpaired) electrons. The van der Waals surface area contributed by atoms with Crippen LogP contribution in [0.2, 0.25) is 0 Å². The molecular weight excluding hydrogens is 318 g/mol. The van der Waals surface area contributed by atoms with Crippen molar-refractivity contribution in [3.05, 3.63) is 23.8 Å². The topological polar surface area (TPSA) is 78.4 Å². The normalized spacial score (nSPS) is 22.2. The summed E-state index contributed by atoms with van der Waals surface area (Å²) in [5.41, 5.74) is 0.846. The second kappa shape index (κ2) is 7.91. The van der Waals surface area contributed by atoms with Crippen molar-refractivity contribution in [2.75, 3.05) is 19.6 Å². The van der Waals surface area contributed by atoms with Gasteiger partial charge in [-0.3, -0.25) is 14.5 Å². The van der Waals surface area contributed by atoms with Gasteiger partial charge >= 0.3 is 0 Å². The number of nitrogens with one attached hydrogen (secondary N) is 1. The van der Waals surface area contributed by atoms with Crippen LogP contribution in [0.3, 0.4) is 0 Å².